The molecule has 2 heterocycles. The summed E-state index contributed by atoms with van der Waals surface area (Å²) in [4.78, 5) is 51.2. The maximum absolute atomic E-state index is 13.0. The van der Waals surface area contributed by atoms with Crippen LogP contribution in [0.25, 0.3) is 5.69 Å². The molecule has 170 valence electrons. The Labute approximate surface area is 188 Å². The third-order valence-corrected chi connectivity index (χ3v) is 5.53. The van der Waals surface area contributed by atoms with Gasteiger partial charge in [-0.25, -0.2) is 9.48 Å². The number of anilines is 2. The molecule has 1 unspecified atom stereocenters. The third-order valence-electron chi connectivity index (χ3n) is 5.53. The lowest BCUT2D eigenvalue weighted by Gasteiger charge is -2.32. The number of aromatic nitrogens is 2. The highest BCUT2D eigenvalue weighted by molar-refractivity contribution is 6.07. The van der Waals surface area contributed by atoms with E-state index in [9.17, 15) is 24.3 Å². The predicted octanol–water partition coefficient (Wildman–Crippen LogP) is 1.94. The second-order valence-electron chi connectivity index (χ2n) is 7.66. The lowest BCUT2D eigenvalue weighted by Crippen LogP contribution is -2.48. The largest absolute Gasteiger partial charge is 0.479 e. The van der Waals surface area contributed by atoms with Crippen LogP contribution in [0.5, 0.6) is 5.75 Å². The first kappa shape index (κ1) is 21.9. The highest BCUT2D eigenvalue weighted by Gasteiger charge is 2.33. The summed E-state index contributed by atoms with van der Waals surface area (Å²) >= 11 is 0. The molecule has 3 aromatic rings. The van der Waals surface area contributed by atoms with Gasteiger partial charge in [0.2, 0.25) is 5.91 Å². The molecule has 0 fully saturated rings. The second kappa shape index (κ2) is 8.30. The van der Waals surface area contributed by atoms with Gasteiger partial charge in [-0.1, -0.05) is 18.2 Å². The molecule has 1 aromatic heterocycles. The topological polar surface area (TPSA) is 123 Å². The van der Waals surface area contributed by atoms with Crippen LogP contribution in [0.1, 0.15) is 23.0 Å². The van der Waals surface area contributed by atoms with Gasteiger partial charge in [0.1, 0.15) is 18.0 Å². The number of carbonyl (C=O) groups is 3. The quantitative estimate of drug-likeness (QED) is 0.612. The smallest absolute Gasteiger partial charge is 0.335 e. The van der Waals surface area contributed by atoms with Gasteiger partial charge in [-0.2, -0.15) is 0 Å². The Balaban J connectivity index is 1.64. The maximum Gasteiger partial charge on any atom is 0.335 e. The lowest BCUT2D eigenvalue weighted by molar-refractivity contribution is -0.127. The average Bonchev–Trinajstić information content (AvgIpc) is 3.00. The molecule has 0 spiro atoms. The molecule has 10 heteroatoms. The molecule has 4 rings (SSSR count). The van der Waals surface area contributed by atoms with Gasteiger partial charge in [0.25, 0.3) is 11.5 Å². The normalized spacial score (nSPS) is 15.1. The van der Waals surface area contributed by atoms with Gasteiger partial charge >= 0.3 is 5.97 Å². The van der Waals surface area contributed by atoms with E-state index in [-0.39, 0.29) is 16.9 Å². The average molecular weight is 450 g/mol. The van der Waals surface area contributed by atoms with Crippen molar-refractivity contribution in [3.8, 4) is 11.4 Å². The number of hydrogen-bond acceptors (Lipinski definition) is 5. The van der Waals surface area contributed by atoms with Crippen LogP contribution in [0.15, 0.2) is 53.3 Å². The van der Waals surface area contributed by atoms with Crippen molar-refractivity contribution in [3.05, 3.63) is 70.1 Å². The Morgan fingerprint density at radius 1 is 1.12 bits per heavy atom. The highest BCUT2D eigenvalue weighted by atomic mass is 16.5. The van der Waals surface area contributed by atoms with Gasteiger partial charge in [-0.05, 0) is 44.2 Å². The minimum absolute atomic E-state index is 0.0465. The number of amides is 2. The molecule has 2 N–H and O–H groups in total. The van der Waals surface area contributed by atoms with E-state index in [1.54, 1.807) is 49.8 Å². The van der Waals surface area contributed by atoms with E-state index in [4.69, 9.17) is 4.74 Å². The Morgan fingerprint density at radius 3 is 2.48 bits per heavy atom. The van der Waals surface area contributed by atoms with Crippen LogP contribution in [0.3, 0.4) is 0 Å². The first-order valence-corrected chi connectivity index (χ1v) is 10.2. The summed E-state index contributed by atoms with van der Waals surface area (Å²) in [7, 11) is 1.70. The van der Waals surface area contributed by atoms with Crippen molar-refractivity contribution in [2.45, 2.75) is 20.0 Å². The van der Waals surface area contributed by atoms with Crippen molar-refractivity contribution < 1.29 is 24.2 Å². The van der Waals surface area contributed by atoms with Crippen LogP contribution in [0, 0.1) is 6.92 Å². The van der Waals surface area contributed by atoms with E-state index in [0.717, 1.165) is 0 Å². The number of ether oxygens (including phenoxy) is 1. The summed E-state index contributed by atoms with van der Waals surface area (Å²) in [5.74, 6) is -1.97. The van der Waals surface area contributed by atoms with Crippen LogP contribution in [0.4, 0.5) is 11.4 Å². The summed E-state index contributed by atoms with van der Waals surface area (Å²) in [6.45, 7) is 2.83. The number of carboxylic acids is 1. The van der Waals surface area contributed by atoms with Crippen LogP contribution in [0.2, 0.25) is 0 Å². The fraction of sp³-hybridized carbons (Fsp3) is 0.217. The van der Waals surface area contributed by atoms with Crippen molar-refractivity contribution in [2.75, 3.05) is 16.8 Å². The summed E-state index contributed by atoms with van der Waals surface area (Å²) in [5, 5.41) is 11.9. The number of benzene rings is 2. The van der Waals surface area contributed by atoms with Gasteiger partial charge < -0.3 is 15.2 Å². The van der Waals surface area contributed by atoms with Crippen molar-refractivity contribution >= 4 is 29.2 Å². The molecule has 2 aromatic carbocycles. The van der Waals surface area contributed by atoms with Crippen LogP contribution in [-0.4, -0.2) is 44.9 Å². The van der Waals surface area contributed by atoms with Gasteiger partial charge in [0.15, 0.2) is 6.10 Å². The van der Waals surface area contributed by atoms with E-state index in [2.05, 4.69) is 5.32 Å². The molecule has 1 atom stereocenters. The summed E-state index contributed by atoms with van der Waals surface area (Å²) < 4.78 is 8.60. The zero-order valence-corrected chi connectivity index (χ0v) is 18.2. The van der Waals surface area contributed by atoms with Gasteiger partial charge in [-0.15, -0.1) is 0 Å². The number of aromatic carboxylic acids is 1. The van der Waals surface area contributed by atoms with E-state index >= 15 is 0 Å². The molecule has 0 radical (unpaired) electrons. The number of rotatable bonds is 5. The highest BCUT2D eigenvalue weighted by Crippen LogP contribution is 2.35. The summed E-state index contributed by atoms with van der Waals surface area (Å²) in [6, 6.07) is 13.1. The summed E-state index contributed by atoms with van der Waals surface area (Å²) in [6.07, 6.45) is -0.852. The molecule has 0 aliphatic carbocycles. The molecule has 10 nitrogen and oxygen atoms in total. The van der Waals surface area contributed by atoms with E-state index in [0.29, 0.717) is 17.1 Å². The molecule has 0 bridgehead atoms. The number of para-hydroxylation sites is 1. The Kier molecular flexibility index (Phi) is 5.50. The fourth-order valence-electron chi connectivity index (χ4n) is 3.74. The number of carboxylic acid groups (broad SMARTS) is 1. The standard InChI is InChI=1S/C23H22N4O6/c1-13-20(22(30)27(25(13)3)16-7-5-4-6-8-16)24-19(28)12-26-17-11-15(23(31)32)9-10-18(17)33-14(2)21(26)29/h4-11,14H,12H2,1-3H3,(H,24,28)(H,31,32). The Bertz CT molecular complexity index is 1320. The number of fused-ring (bicyclic) bond motifs is 1. The number of carbonyl (C=O) groups excluding carboxylic acids is 2. The number of hydrogen-bond donors (Lipinski definition) is 2. The predicted molar refractivity (Wildman–Crippen MR) is 120 cm³/mol. The molecular formula is C23H22N4O6. The van der Waals surface area contributed by atoms with Crippen LogP contribution >= 0.6 is 0 Å². The minimum atomic E-state index is -1.17. The van der Waals surface area contributed by atoms with Crippen LogP contribution < -0.4 is 20.5 Å². The van der Waals surface area contributed by atoms with E-state index < -0.39 is 36.0 Å². The lowest BCUT2D eigenvalue weighted by atomic mass is 10.1. The maximum atomic E-state index is 13.0. The first-order chi connectivity index (χ1) is 15.7. The monoisotopic (exact) mass is 450 g/mol. The Morgan fingerprint density at radius 2 is 1.82 bits per heavy atom. The SMILES string of the molecule is Cc1c(NC(=O)CN2C(=O)C(C)Oc3ccc(C(=O)O)cc32)c(=O)n(-c2ccccc2)n1C. The van der Waals surface area contributed by atoms with Crippen molar-refractivity contribution in [3.63, 3.8) is 0 Å². The number of nitrogens with zero attached hydrogens (tertiary/aromatic N) is 3. The summed E-state index contributed by atoms with van der Waals surface area (Å²) in [5.41, 5.74) is 0.993. The van der Waals surface area contributed by atoms with Gasteiger partial charge in [0, 0.05) is 7.05 Å². The molecule has 1 aliphatic heterocycles. The molecular weight excluding hydrogens is 428 g/mol. The molecule has 33 heavy (non-hydrogen) atoms. The second-order valence-corrected chi connectivity index (χ2v) is 7.66. The molecule has 2 amide bonds. The first-order valence-electron chi connectivity index (χ1n) is 10.2. The van der Waals surface area contributed by atoms with Gasteiger partial charge in [-0.3, -0.25) is 24.0 Å². The van der Waals surface area contributed by atoms with E-state index in [1.165, 1.54) is 27.8 Å². The molecule has 0 saturated heterocycles. The van der Waals surface area contributed by atoms with E-state index in [1.807, 2.05) is 6.07 Å². The van der Waals surface area contributed by atoms with Crippen LogP contribution in [-0.2, 0) is 16.6 Å². The Hall–Kier alpha value is -4.34. The minimum Gasteiger partial charge on any atom is -0.479 e. The van der Waals surface area contributed by atoms with Crippen molar-refractivity contribution in [1.29, 1.82) is 0 Å². The third kappa shape index (κ3) is 3.86. The van der Waals surface area contributed by atoms with Crippen molar-refractivity contribution in [2.24, 2.45) is 7.05 Å². The van der Waals surface area contributed by atoms with Gasteiger partial charge in [0.05, 0.1) is 22.6 Å². The zero-order chi connectivity index (χ0) is 23.9. The molecule has 0 saturated carbocycles. The zero-order valence-electron chi connectivity index (χ0n) is 18.2. The molecule has 1 aliphatic rings. The number of nitrogens with one attached hydrogen (secondary N) is 1. The van der Waals surface area contributed by atoms with Crippen molar-refractivity contribution in [1.82, 2.24) is 9.36 Å². The fourth-order valence-corrected chi connectivity index (χ4v) is 3.74.